The van der Waals surface area contributed by atoms with Crippen molar-refractivity contribution >= 4 is 52.1 Å². The van der Waals surface area contributed by atoms with E-state index in [4.69, 9.17) is 40.2 Å². The van der Waals surface area contributed by atoms with Gasteiger partial charge < -0.3 is 15.2 Å². The highest BCUT2D eigenvalue weighted by Crippen LogP contribution is 2.34. The van der Waals surface area contributed by atoms with Crippen molar-refractivity contribution in [2.24, 2.45) is 0 Å². The molecule has 0 unspecified atom stereocenters. The summed E-state index contributed by atoms with van der Waals surface area (Å²) in [6.45, 7) is 0. The lowest BCUT2D eigenvalue weighted by Crippen LogP contribution is -2.34. The van der Waals surface area contributed by atoms with Gasteiger partial charge in [0.15, 0.2) is 10.9 Å². The highest BCUT2D eigenvalue weighted by atomic mass is 35.5. The van der Waals surface area contributed by atoms with E-state index in [-0.39, 0.29) is 26.8 Å². The van der Waals surface area contributed by atoms with E-state index < -0.39 is 0 Å². The van der Waals surface area contributed by atoms with Gasteiger partial charge in [0, 0.05) is 11.3 Å². The smallest absolute Gasteiger partial charge is 0.257 e. The van der Waals surface area contributed by atoms with Gasteiger partial charge in [0.2, 0.25) is 0 Å². The first-order chi connectivity index (χ1) is 10.9. The number of ether oxygens (including phenoxy) is 1. The van der Waals surface area contributed by atoms with Crippen molar-refractivity contribution in [3.63, 3.8) is 0 Å². The van der Waals surface area contributed by atoms with Crippen LogP contribution in [0.1, 0.15) is 10.4 Å². The zero-order valence-corrected chi connectivity index (χ0v) is 14.2. The van der Waals surface area contributed by atoms with Gasteiger partial charge in [-0.15, -0.1) is 0 Å². The number of halogens is 2. The van der Waals surface area contributed by atoms with E-state index >= 15 is 0 Å². The molecule has 2 aromatic rings. The topological polar surface area (TPSA) is 70.6 Å². The second-order valence-electron chi connectivity index (χ2n) is 4.43. The Balaban J connectivity index is 2.02. The summed E-state index contributed by atoms with van der Waals surface area (Å²) in [6.07, 6.45) is 0. The molecule has 0 atom stereocenters. The molecule has 0 bridgehead atoms. The van der Waals surface area contributed by atoms with Gasteiger partial charge in [-0.3, -0.25) is 10.1 Å². The average molecular weight is 371 g/mol. The Bertz CT molecular complexity index is 728. The quantitative estimate of drug-likeness (QED) is 0.565. The lowest BCUT2D eigenvalue weighted by Gasteiger charge is -2.11. The number of hydrogen-bond donors (Lipinski definition) is 3. The maximum atomic E-state index is 12.1. The third-order valence-corrected chi connectivity index (χ3v) is 3.63. The molecule has 0 spiro atoms. The Kier molecular flexibility index (Phi) is 5.65. The number of rotatable bonds is 3. The molecular weight excluding hydrogens is 359 g/mol. The van der Waals surface area contributed by atoms with Gasteiger partial charge in [0.05, 0.1) is 17.2 Å². The summed E-state index contributed by atoms with van der Waals surface area (Å²) in [7, 11) is 1.54. The van der Waals surface area contributed by atoms with Crippen LogP contribution in [0, 0.1) is 0 Å². The summed E-state index contributed by atoms with van der Waals surface area (Å²) < 4.78 is 5.03. The van der Waals surface area contributed by atoms with Crippen LogP contribution in [-0.2, 0) is 0 Å². The van der Waals surface area contributed by atoms with Gasteiger partial charge in [-0.1, -0.05) is 23.2 Å². The molecule has 1 amide bonds. The summed E-state index contributed by atoms with van der Waals surface area (Å²) in [5, 5.41) is 15.0. The minimum atomic E-state index is -0.374. The molecule has 0 radical (unpaired) electrons. The van der Waals surface area contributed by atoms with Crippen LogP contribution in [0.2, 0.25) is 10.0 Å². The Morgan fingerprint density at radius 3 is 2.26 bits per heavy atom. The van der Waals surface area contributed by atoms with Crippen LogP contribution in [0.4, 0.5) is 5.69 Å². The number of aromatic hydroxyl groups is 1. The van der Waals surface area contributed by atoms with E-state index in [1.54, 1.807) is 31.4 Å². The summed E-state index contributed by atoms with van der Waals surface area (Å²) in [5.74, 6) is 0.0591. The Morgan fingerprint density at radius 1 is 1.17 bits per heavy atom. The fraction of sp³-hybridized carbons (Fsp3) is 0.0667. The molecule has 23 heavy (non-hydrogen) atoms. The van der Waals surface area contributed by atoms with Crippen LogP contribution in [0.15, 0.2) is 36.4 Å². The van der Waals surface area contributed by atoms with Crippen LogP contribution >= 0.6 is 35.4 Å². The Morgan fingerprint density at radius 2 is 1.74 bits per heavy atom. The normalized spacial score (nSPS) is 10.0. The van der Waals surface area contributed by atoms with Crippen molar-refractivity contribution in [2.45, 2.75) is 0 Å². The van der Waals surface area contributed by atoms with Crippen LogP contribution < -0.4 is 15.4 Å². The zero-order chi connectivity index (χ0) is 17.0. The highest BCUT2D eigenvalue weighted by molar-refractivity contribution is 7.80. The number of hydrogen-bond acceptors (Lipinski definition) is 4. The number of phenolic OH excluding ortho intramolecular Hbond substituents is 1. The monoisotopic (exact) mass is 370 g/mol. The predicted octanol–water partition coefficient (Wildman–Crippen LogP) is 3.83. The van der Waals surface area contributed by atoms with E-state index in [1.165, 1.54) is 12.1 Å². The molecule has 3 N–H and O–H groups in total. The second kappa shape index (κ2) is 7.50. The van der Waals surface area contributed by atoms with E-state index in [1.807, 2.05) is 0 Å². The largest absolute Gasteiger partial charge is 0.505 e. The lowest BCUT2D eigenvalue weighted by molar-refractivity contribution is 0.0977. The van der Waals surface area contributed by atoms with Crippen molar-refractivity contribution in [3.05, 3.63) is 52.0 Å². The fourth-order valence-corrected chi connectivity index (χ4v) is 2.42. The van der Waals surface area contributed by atoms with E-state index in [9.17, 15) is 9.90 Å². The number of methoxy groups -OCH3 is 1. The number of carbonyl (C=O) groups excluding carboxylic acids is 1. The molecule has 8 heteroatoms. The summed E-state index contributed by atoms with van der Waals surface area (Å²) in [4.78, 5) is 12.1. The van der Waals surface area contributed by atoms with Gasteiger partial charge in [0.25, 0.3) is 5.91 Å². The van der Waals surface area contributed by atoms with Crippen molar-refractivity contribution in [3.8, 4) is 11.5 Å². The van der Waals surface area contributed by atoms with Crippen LogP contribution in [-0.4, -0.2) is 23.2 Å². The minimum Gasteiger partial charge on any atom is -0.505 e. The number of nitrogens with one attached hydrogen (secondary N) is 2. The van der Waals surface area contributed by atoms with E-state index in [2.05, 4.69) is 10.6 Å². The third-order valence-electron chi connectivity index (χ3n) is 2.85. The molecule has 0 saturated carbocycles. The first kappa shape index (κ1) is 17.3. The fourth-order valence-electron chi connectivity index (χ4n) is 1.72. The number of phenols is 1. The third kappa shape index (κ3) is 4.48. The standard InChI is InChI=1S/C15H12Cl2N2O3S/c1-22-10-4-2-8(3-5-10)14(21)19-15(23)18-9-6-11(16)13(20)12(17)7-9/h2-7,20H,1H3,(H2,18,19,21,23). The van der Waals surface area contributed by atoms with Crippen LogP contribution in [0.25, 0.3) is 0 Å². The zero-order valence-electron chi connectivity index (χ0n) is 11.9. The molecule has 5 nitrogen and oxygen atoms in total. The summed E-state index contributed by atoms with van der Waals surface area (Å²) in [5.41, 5.74) is 0.870. The van der Waals surface area contributed by atoms with Gasteiger partial charge in [-0.2, -0.15) is 0 Å². The molecule has 120 valence electrons. The summed E-state index contributed by atoms with van der Waals surface area (Å²) in [6, 6.07) is 9.45. The first-order valence-corrected chi connectivity index (χ1v) is 7.51. The number of thiocarbonyl (C=S) groups is 1. The SMILES string of the molecule is COc1ccc(C(=O)NC(=S)Nc2cc(Cl)c(O)c(Cl)c2)cc1. The second-order valence-corrected chi connectivity index (χ2v) is 5.65. The Hall–Kier alpha value is -2.02. The van der Waals surface area contributed by atoms with E-state index in [0.717, 1.165) is 0 Å². The van der Waals surface area contributed by atoms with Crippen molar-refractivity contribution in [1.82, 2.24) is 5.32 Å². The predicted molar refractivity (Wildman–Crippen MR) is 94.8 cm³/mol. The van der Waals surface area contributed by atoms with Crippen LogP contribution in [0.5, 0.6) is 11.5 Å². The molecule has 0 aliphatic rings. The number of carbonyl (C=O) groups is 1. The van der Waals surface area contributed by atoms with Gasteiger partial charge >= 0.3 is 0 Å². The molecule has 0 fully saturated rings. The highest BCUT2D eigenvalue weighted by Gasteiger charge is 2.10. The number of anilines is 1. The molecule has 0 saturated heterocycles. The molecule has 0 aromatic heterocycles. The minimum absolute atomic E-state index is 0.0728. The van der Waals surface area contributed by atoms with Gasteiger partial charge in [0.1, 0.15) is 5.75 Å². The van der Waals surface area contributed by atoms with Crippen molar-refractivity contribution in [2.75, 3.05) is 12.4 Å². The molecule has 0 aliphatic heterocycles. The Labute approximate surface area is 148 Å². The summed E-state index contributed by atoms with van der Waals surface area (Å²) >= 11 is 16.7. The van der Waals surface area contributed by atoms with Crippen molar-refractivity contribution in [1.29, 1.82) is 0 Å². The first-order valence-electron chi connectivity index (χ1n) is 6.35. The molecule has 0 heterocycles. The van der Waals surface area contributed by atoms with E-state index in [0.29, 0.717) is 17.0 Å². The maximum absolute atomic E-state index is 12.1. The average Bonchev–Trinajstić information content (AvgIpc) is 2.52. The maximum Gasteiger partial charge on any atom is 0.257 e. The molecule has 2 rings (SSSR count). The number of amides is 1. The van der Waals surface area contributed by atoms with Gasteiger partial charge in [-0.05, 0) is 48.6 Å². The molecular formula is C15H12Cl2N2O3S. The number of benzene rings is 2. The lowest BCUT2D eigenvalue weighted by atomic mass is 10.2. The van der Waals surface area contributed by atoms with Gasteiger partial charge in [-0.25, -0.2) is 0 Å². The molecule has 2 aromatic carbocycles. The van der Waals surface area contributed by atoms with Crippen LogP contribution in [0.3, 0.4) is 0 Å². The molecule has 0 aliphatic carbocycles. The van der Waals surface area contributed by atoms with Crippen molar-refractivity contribution < 1.29 is 14.6 Å².